The molecule has 0 spiro atoms. The van der Waals surface area contributed by atoms with E-state index in [0.29, 0.717) is 11.6 Å². The molecule has 0 aromatic rings. The lowest BCUT2D eigenvalue weighted by molar-refractivity contribution is 0.0829. The van der Waals surface area contributed by atoms with E-state index in [-0.39, 0.29) is 0 Å². The smallest absolute Gasteiger partial charge is 0.0331 e. The molecule has 1 heterocycles. The normalized spacial score (nSPS) is 22.0. The average Bonchev–Trinajstić information content (AvgIpc) is 2.88. The topological polar surface area (TPSA) is 15.3 Å². The van der Waals surface area contributed by atoms with Crippen LogP contribution in [0, 0.1) is 12.3 Å². The Morgan fingerprint density at radius 3 is 2.53 bits per heavy atom. The quantitative estimate of drug-likeness (QED) is 0.540. The van der Waals surface area contributed by atoms with Crippen LogP contribution in [0.15, 0.2) is 0 Å². The van der Waals surface area contributed by atoms with Gasteiger partial charge < -0.3 is 5.32 Å². The summed E-state index contributed by atoms with van der Waals surface area (Å²) in [4.78, 5) is 2.67. The van der Waals surface area contributed by atoms with Crippen molar-refractivity contribution in [2.45, 2.75) is 64.0 Å². The van der Waals surface area contributed by atoms with Crippen LogP contribution in [-0.2, 0) is 0 Å². The number of nitrogens with one attached hydrogen (secondary N) is 1. The maximum Gasteiger partial charge on any atom is 0.0331 e. The molecule has 2 atom stereocenters. The molecule has 1 rings (SSSR count). The Morgan fingerprint density at radius 2 is 2.06 bits per heavy atom. The lowest BCUT2D eigenvalue weighted by Gasteiger charge is -2.44. The Bertz CT molecular complexity index is 250. The largest absolute Gasteiger partial charge is 0.315 e. The zero-order chi connectivity index (χ0) is 12.7. The second-order valence-corrected chi connectivity index (χ2v) is 5.34. The van der Waals surface area contributed by atoms with E-state index in [9.17, 15) is 0 Å². The molecule has 1 saturated heterocycles. The number of unbranched alkanes of at least 4 members (excludes halogenated alkanes) is 1. The maximum absolute atomic E-state index is 5.34. The number of terminal acetylenes is 1. The van der Waals surface area contributed by atoms with Crippen molar-refractivity contribution in [2.75, 3.05) is 20.1 Å². The van der Waals surface area contributed by atoms with E-state index >= 15 is 0 Å². The highest BCUT2D eigenvalue weighted by molar-refractivity contribution is 4.97. The molecule has 1 aliphatic heterocycles. The van der Waals surface area contributed by atoms with Crippen molar-refractivity contribution >= 4 is 0 Å². The van der Waals surface area contributed by atoms with E-state index in [1.54, 1.807) is 0 Å². The van der Waals surface area contributed by atoms with Gasteiger partial charge in [0, 0.05) is 18.0 Å². The van der Waals surface area contributed by atoms with Crippen LogP contribution in [0.5, 0.6) is 0 Å². The highest BCUT2D eigenvalue weighted by atomic mass is 15.2. The van der Waals surface area contributed by atoms with Crippen molar-refractivity contribution < 1.29 is 0 Å². The second-order valence-electron chi connectivity index (χ2n) is 5.34. The fourth-order valence-corrected chi connectivity index (χ4v) is 3.09. The van der Waals surface area contributed by atoms with E-state index < -0.39 is 0 Å². The van der Waals surface area contributed by atoms with Crippen LogP contribution in [0.2, 0.25) is 0 Å². The molecule has 0 aromatic carbocycles. The standard InChI is InChI=1S/C15H28N2/c1-5-7-8-11-14(16-4)15(3,6-2)17-12-9-10-13-17/h1,14,16H,6-13H2,2-4H3. The van der Waals surface area contributed by atoms with Crippen molar-refractivity contribution in [1.29, 1.82) is 0 Å². The van der Waals surface area contributed by atoms with Gasteiger partial charge in [0.15, 0.2) is 0 Å². The van der Waals surface area contributed by atoms with Gasteiger partial charge in [0.1, 0.15) is 0 Å². The van der Waals surface area contributed by atoms with Crippen LogP contribution in [-0.4, -0.2) is 36.6 Å². The lowest BCUT2D eigenvalue weighted by atomic mass is 9.84. The van der Waals surface area contributed by atoms with Gasteiger partial charge in [0.25, 0.3) is 0 Å². The van der Waals surface area contributed by atoms with Gasteiger partial charge in [-0.25, -0.2) is 0 Å². The van der Waals surface area contributed by atoms with Crippen molar-refractivity contribution in [3.8, 4) is 12.3 Å². The summed E-state index contributed by atoms with van der Waals surface area (Å²) in [5.41, 5.74) is 0.292. The highest BCUT2D eigenvalue weighted by Gasteiger charge is 2.38. The molecular weight excluding hydrogens is 208 g/mol. The van der Waals surface area contributed by atoms with Gasteiger partial charge in [-0.05, 0) is 59.2 Å². The Kier molecular flexibility index (Phi) is 6.02. The van der Waals surface area contributed by atoms with Crippen molar-refractivity contribution in [2.24, 2.45) is 0 Å². The molecule has 2 unspecified atom stereocenters. The first-order valence-electron chi connectivity index (χ1n) is 7.04. The van der Waals surface area contributed by atoms with Gasteiger partial charge in [-0.15, -0.1) is 12.3 Å². The number of rotatable bonds is 7. The number of likely N-dealkylation sites (N-methyl/N-ethyl adjacent to an activating group) is 1. The fraction of sp³-hybridized carbons (Fsp3) is 0.867. The first kappa shape index (κ1) is 14.5. The number of likely N-dealkylation sites (tertiary alicyclic amines) is 1. The molecule has 0 radical (unpaired) electrons. The highest BCUT2D eigenvalue weighted by Crippen LogP contribution is 2.30. The number of hydrogen-bond donors (Lipinski definition) is 1. The molecule has 1 aliphatic rings. The first-order valence-corrected chi connectivity index (χ1v) is 7.04. The minimum atomic E-state index is 0.292. The lowest BCUT2D eigenvalue weighted by Crippen LogP contribution is -2.57. The van der Waals surface area contributed by atoms with E-state index in [0.717, 1.165) is 12.8 Å². The first-order chi connectivity index (χ1) is 8.19. The monoisotopic (exact) mass is 236 g/mol. The number of hydrogen-bond acceptors (Lipinski definition) is 2. The predicted molar refractivity (Wildman–Crippen MR) is 75.0 cm³/mol. The molecule has 2 heteroatoms. The van der Waals surface area contributed by atoms with Gasteiger partial charge in [0.2, 0.25) is 0 Å². The van der Waals surface area contributed by atoms with Crippen LogP contribution >= 0.6 is 0 Å². The molecule has 0 aliphatic carbocycles. The summed E-state index contributed by atoms with van der Waals surface area (Å²) >= 11 is 0. The maximum atomic E-state index is 5.34. The Labute approximate surface area is 107 Å². The van der Waals surface area contributed by atoms with Crippen LogP contribution in [0.3, 0.4) is 0 Å². The van der Waals surface area contributed by atoms with E-state index in [1.165, 1.54) is 38.8 Å². The Morgan fingerprint density at radius 1 is 1.41 bits per heavy atom. The molecule has 17 heavy (non-hydrogen) atoms. The Balaban J connectivity index is 2.63. The summed E-state index contributed by atoms with van der Waals surface area (Å²) in [7, 11) is 2.09. The zero-order valence-corrected chi connectivity index (χ0v) is 11.8. The van der Waals surface area contributed by atoms with Crippen molar-refractivity contribution in [1.82, 2.24) is 10.2 Å². The predicted octanol–water partition coefficient (Wildman–Crippen LogP) is 2.64. The van der Waals surface area contributed by atoms with Crippen LogP contribution < -0.4 is 5.32 Å². The SMILES string of the molecule is C#CCCCC(NC)C(C)(CC)N1CCCC1. The summed E-state index contributed by atoms with van der Waals surface area (Å²) in [5.74, 6) is 2.74. The third-order valence-electron chi connectivity index (χ3n) is 4.46. The van der Waals surface area contributed by atoms with Crippen LogP contribution in [0.25, 0.3) is 0 Å². The second kappa shape index (κ2) is 7.03. The fourth-order valence-electron chi connectivity index (χ4n) is 3.09. The van der Waals surface area contributed by atoms with Gasteiger partial charge in [0.05, 0.1) is 0 Å². The molecule has 0 bridgehead atoms. The molecule has 98 valence electrons. The van der Waals surface area contributed by atoms with Gasteiger partial charge in [-0.1, -0.05) is 6.92 Å². The van der Waals surface area contributed by atoms with Gasteiger partial charge >= 0.3 is 0 Å². The van der Waals surface area contributed by atoms with Crippen LogP contribution in [0.1, 0.15) is 52.4 Å². The third-order valence-corrected chi connectivity index (χ3v) is 4.46. The third kappa shape index (κ3) is 3.47. The molecular formula is C15H28N2. The Hall–Kier alpha value is -0.520. The van der Waals surface area contributed by atoms with E-state index in [4.69, 9.17) is 6.42 Å². The average molecular weight is 236 g/mol. The summed E-state index contributed by atoms with van der Waals surface area (Å²) in [5, 5.41) is 3.52. The molecule has 1 N–H and O–H groups in total. The van der Waals surface area contributed by atoms with Crippen LogP contribution in [0.4, 0.5) is 0 Å². The molecule has 0 amide bonds. The van der Waals surface area contributed by atoms with Crippen molar-refractivity contribution in [3.63, 3.8) is 0 Å². The van der Waals surface area contributed by atoms with Gasteiger partial charge in [-0.3, -0.25) is 4.90 Å². The minimum absolute atomic E-state index is 0.292. The molecule has 0 saturated carbocycles. The minimum Gasteiger partial charge on any atom is -0.315 e. The number of nitrogens with zero attached hydrogens (tertiary/aromatic N) is 1. The van der Waals surface area contributed by atoms with Crippen molar-refractivity contribution in [3.05, 3.63) is 0 Å². The summed E-state index contributed by atoms with van der Waals surface area (Å²) in [6.07, 6.45) is 12.5. The van der Waals surface area contributed by atoms with Gasteiger partial charge in [-0.2, -0.15) is 0 Å². The molecule has 0 aromatic heterocycles. The van der Waals surface area contributed by atoms with E-state index in [2.05, 4.69) is 37.0 Å². The zero-order valence-electron chi connectivity index (χ0n) is 11.8. The summed E-state index contributed by atoms with van der Waals surface area (Å²) < 4.78 is 0. The molecule has 1 fully saturated rings. The molecule has 2 nitrogen and oxygen atoms in total. The van der Waals surface area contributed by atoms with E-state index in [1.807, 2.05) is 0 Å². The summed E-state index contributed by atoms with van der Waals surface area (Å²) in [6.45, 7) is 7.24. The summed E-state index contributed by atoms with van der Waals surface area (Å²) in [6, 6.07) is 0.555.